The Kier molecular flexibility index (Phi) is 2.41. The van der Waals surface area contributed by atoms with Crippen molar-refractivity contribution in [1.29, 1.82) is 0 Å². The van der Waals surface area contributed by atoms with Gasteiger partial charge in [-0.3, -0.25) is 0 Å². The van der Waals surface area contributed by atoms with Gasteiger partial charge in [-0.2, -0.15) is 0 Å². The number of ether oxygens (including phenoxy) is 1. The summed E-state index contributed by atoms with van der Waals surface area (Å²) in [5, 5.41) is 0. The Bertz CT molecular complexity index is 240. The van der Waals surface area contributed by atoms with Crippen LogP contribution in [0.25, 0.3) is 0 Å². The first kappa shape index (κ1) is 9.80. The molecule has 0 amide bonds. The molecule has 14 heavy (non-hydrogen) atoms. The van der Waals surface area contributed by atoms with Crippen LogP contribution in [-0.2, 0) is 4.74 Å². The lowest BCUT2D eigenvalue weighted by molar-refractivity contribution is -0.149. The molecule has 4 nitrogen and oxygen atoms in total. The first-order valence-corrected chi connectivity index (χ1v) is 5.17. The van der Waals surface area contributed by atoms with Crippen LogP contribution in [0.5, 0.6) is 0 Å². The van der Waals surface area contributed by atoms with Gasteiger partial charge in [0, 0.05) is 32.0 Å². The van der Waals surface area contributed by atoms with Gasteiger partial charge in [0.2, 0.25) is 0 Å². The fraction of sp³-hybridized carbons (Fsp3) is 0.800. The molecule has 0 radical (unpaired) electrons. The van der Waals surface area contributed by atoms with Crippen LogP contribution in [0, 0.1) is 0 Å². The number of nitrogens with zero attached hydrogens (tertiary/aromatic N) is 2. The Labute approximate surface area is 85.3 Å². The zero-order valence-electron chi connectivity index (χ0n) is 8.94. The maximum atomic E-state index is 5.97. The second kappa shape index (κ2) is 3.44. The molecule has 2 N–H and O–H groups in total. The third kappa shape index (κ3) is 1.86. The summed E-state index contributed by atoms with van der Waals surface area (Å²) in [5.41, 5.74) is 5.42. The average molecular weight is 197 g/mol. The Hall–Kier alpha value is -0.740. The van der Waals surface area contributed by atoms with E-state index in [1.807, 2.05) is 13.8 Å². The molecule has 4 heteroatoms. The summed E-state index contributed by atoms with van der Waals surface area (Å²) in [6.07, 6.45) is 4.40. The highest BCUT2D eigenvalue weighted by Gasteiger charge is 2.32. The van der Waals surface area contributed by atoms with Crippen LogP contribution in [0.4, 0.5) is 0 Å². The van der Waals surface area contributed by atoms with Crippen LogP contribution in [0.15, 0.2) is 12.4 Å². The van der Waals surface area contributed by atoms with Gasteiger partial charge < -0.3 is 20.3 Å². The van der Waals surface area contributed by atoms with E-state index in [2.05, 4.69) is 22.2 Å². The number of rotatable bonds is 3. The first-order chi connectivity index (χ1) is 6.61. The minimum Gasteiger partial charge on any atom is -0.370 e. The molecule has 3 heterocycles. The van der Waals surface area contributed by atoms with E-state index in [0.717, 1.165) is 19.6 Å². The van der Waals surface area contributed by atoms with Crippen molar-refractivity contribution in [3.8, 4) is 0 Å². The number of nitrogens with two attached hydrogens (primary N) is 1. The first-order valence-electron chi connectivity index (χ1n) is 5.17. The van der Waals surface area contributed by atoms with Crippen molar-refractivity contribution in [3.05, 3.63) is 12.4 Å². The van der Waals surface area contributed by atoms with Gasteiger partial charge in [-0.25, -0.2) is 0 Å². The molecule has 2 bridgehead atoms. The SMILES string of the molecule is CC(C)(CN)OC1CN2C=CN1CC2. The molecule has 0 aromatic heterocycles. The van der Waals surface area contributed by atoms with E-state index in [1.54, 1.807) is 0 Å². The van der Waals surface area contributed by atoms with Gasteiger partial charge in [-0.1, -0.05) is 0 Å². The van der Waals surface area contributed by atoms with Gasteiger partial charge >= 0.3 is 0 Å². The molecule has 1 fully saturated rings. The van der Waals surface area contributed by atoms with E-state index in [4.69, 9.17) is 10.5 Å². The molecular formula is C10H19N3O. The Morgan fingerprint density at radius 2 is 2.21 bits per heavy atom. The van der Waals surface area contributed by atoms with E-state index in [-0.39, 0.29) is 11.8 Å². The fourth-order valence-corrected chi connectivity index (χ4v) is 1.79. The molecule has 3 rings (SSSR count). The van der Waals surface area contributed by atoms with Crippen molar-refractivity contribution >= 4 is 0 Å². The molecular weight excluding hydrogens is 178 g/mol. The van der Waals surface area contributed by atoms with E-state index in [0.29, 0.717) is 6.54 Å². The highest BCUT2D eigenvalue weighted by Crippen LogP contribution is 2.21. The summed E-state index contributed by atoms with van der Waals surface area (Å²) >= 11 is 0. The van der Waals surface area contributed by atoms with Gasteiger partial charge in [0.05, 0.1) is 12.1 Å². The largest absolute Gasteiger partial charge is 0.370 e. The molecule has 3 aliphatic heterocycles. The Balaban J connectivity index is 1.97. The number of hydrogen-bond acceptors (Lipinski definition) is 4. The number of hydrogen-bond donors (Lipinski definition) is 1. The quantitative estimate of drug-likeness (QED) is 0.700. The zero-order valence-corrected chi connectivity index (χ0v) is 8.94. The van der Waals surface area contributed by atoms with E-state index in [1.165, 1.54) is 0 Å². The molecule has 1 atom stereocenters. The summed E-state index contributed by atoms with van der Waals surface area (Å²) in [7, 11) is 0. The Morgan fingerprint density at radius 1 is 1.43 bits per heavy atom. The third-order valence-electron chi connectivity index (χ3n) is 2.82. The average Bonchev–Trinajstić information content (AvgIpc) is 2.19. The van der Waals surface area contributed by atoms with E-state index >= 15 is 0 Å². The number of piperazine rings is 1. The summed E-state index contributed by atoms with van der Waals surface area (Å²) < 4.78 is 5.97. The van der Waals surface area contributed by atoms with E-state index < -0.39 is 0 Å². The van der Waals surface area contributed by atoms with Crippen molar-refractivity contribution in [2.24, 2.45) is 5.73 Å². The summed E-state index contributed by atoms with van der Waals surface area (Å²) in [5.74, 6) is 0. The lowest BCUT2D eigenvalue weighted by Crippen LogP contribution is -2.56. The van der Waals surface area contributed by atoms with Crippen molar-refractivity contribution < 1.29 is 4.74 Å². The van der Waals surface area contributed by atoms with Gasteiger partial charge in [0.25, 0.3) is 0 Å². The summed E-state index contributed by atoms with van der Waals surface area (Å²) in [4.78, 5) is 4.54. The summed E-state index contributed by atoms with van der Waals surface area (Å²) in [6, 6.07) is 0. The van der Waals surface area contributed by atoms with Crippen LogP contribution in [-0.4, -0.2) is 47.8 Å². The van der Waals surface area contributed by atoms with Crippen LogP contribution >= 0.6 is 0 Å². The molecule has 0 spiro atoms. The lowest BCUT2D eigenvalue weighted by Gasteiger charge is -2.46. The zero-order chi connectivity index (χ0) is 10.2. The highest BCUT2D eigenvalue weighted by atomic mass is 16.5. The van der Waals surface area contributed by atoms with Crippen molar-refractivity contribution in [2.75, 3.05) is 26.2 Å². The van der Waals surface area contributed by atoms with Gasteiger partial charge in [-0.05, 0) is 13.8 Å². The molecule has 0 saturated carbocycles. The van der Waals surface area contributed by atoms with Crippen LogP contribution < -0.4 is 5.73 Å². The predicted octanol–water partition coefficient (Wildman–Crippen LogP) is 0.169. The van der Waals surface area contributed by atoms with Gasteiger partial charge in [-0.15, -0.1) is 0 Å². The topological polar surface area (TPSA) is 41.7 Å². The number of fused-ring (bicyclic) bond motifs is 2. The second-order valence-corrected chi connectivity index (χ2v) is 4.57. The molecule has 80 valence electrons. The molecule has 0 aromatic rings. The fourth-order valence-electron chi connectivity index (χ4n) is 1.79. The normalized spacial score (nSPS) is 26.1. The maximum absolute atomic E-state index is 5.97. The molecule has 0 aliphatic carbocycles. The van der Waals surface area contributed by atoms with Crippen molar-refractivity contribution in [2.45, 2.75) is 25.7 Å². The Morgan fingerprint density at radius 3 is 2.64 bits per heavy atom. The predicted molar refractivity (Wildman–Crippen MR) is 55.4 cm³/mol. The maximum Gasteiger partial charge on any atom is 0.148 e. The third-order valence-corrected chi connectivity index (χ3v) is 2.82. The van der Waals surface area contributed by atoms with E-state index in [9.17, 15) is 0 Å². The molecule has 0 aromatic carbocycles. The van der Waals surface area contributed by atoms with Crippen molar-refractivity contribution in [1.82, 2.24) is 9.80 Å². The van der Waals surface area contributed by atoms with Crippen molar-refractivity contribution in [3.63, 3.8) is 0 Å². The van der Waals surface area contributed by atoms with Crippen LogP contribution in [0.2, 0.25) is 0 Å². The minimum atomic E-state index is -0.225. The van der Waals surface area contributed by atoms with Gasteiger partial charge in [0.15, 0.2) is 0 Å². The van der Waals surface area contributed by atoms with Gasteiger partial charge in [0.1, 0.15) is 6.23 Å². The monoisotopic (exact) mass is 197 g/mol. The smallest absolute Gasteiger partial charge is 0.148 e. The molecule has 3 aliphatic rings. The summed E-state index contributed by atoms with van der Waals surface area (Å²) in [6.45, 7) is 7.76. The highest BCUT2D eigenvalue weighted by molar-refractivity contribution is 4.97. The van der Waals surface area contributed by atoms with Crippen LogP contribution in [0.1, 0.15) is 13.8 Å². The van der Waals surface area contributed by atoms with Crippen LogP contribution in [0.3, 0.4) is 0 Å². The molecule has 1 saturated heterocycles. The standard InChI is InChI=1S/C10H19N3O/c1-10(2,8-11)14-9-7-12-3-5-13(9)6-4-12/h3,5,9H,4,6-8,11H2,1-2H3. The minimum absolute atomic E-state index is 0.173. The molecule has 1 unspecified atom stereocenters. The second-order valence-electron chi connectivity index (χ2n) is 4.57. The lowest BCUT2D eigenvalue weighted by atomic mass is 10.1.